The van der Waals surface area contributed by atoms with Gasteiger partial charge in [-0.3, -0.25) is 20.2 Å². The summed E-state index contributed by atoms with van der Waals surface area (Å²) in [5.41, 5.74) is 0. The summed E-state index contributed by atoms with van der Waals surface area (Å²) in [6, 6.07) is 0. The number of rotatable bonds is 2. The number of nitrogens with zero attached hydrogens (tertiary/aromatic N) is 2. The first-order chi connectivity index (χ1) is 3.55. The van der Waals surface area contributed by atoms with Gasteiger partial charge in [0.15, 0.2) is 0 Å². The molecule has 0 saturated carbocycles. The summed E-state index contributed by atoms with van der Waals surface area (Å²) in [7, 11) is 0. The van der Waals surface area contributed by atoms with Crippen LogP contribution in [-0.2, 0) is 0 Å². The van der Waals surface area contributed by atoms with Gasteiger partial charge in [0.05, 0.1) is 0 Å². The summed E-state index contributed by atoms with van der Waals surface area (Å²) in [5.74, 6) is 0. The molecule has 0 saturated heterocycles. The molecule has 8 heavy (non-hydrogen) atoms. The minimum Gasteiger partial charge on any atom is -0.289 e. The van der Waals surface area contributed by atoms with Gasteiger partial charge in [-0.05, 0) is 16.8 Å². The molecule has 0 aliphatic heterocycles. The third-order valence-corrected chi connectivity index (χ3v) is 0.528. The van der Waals surface area contributed by atoms with Crippen molar-refractivity contribution in [1.82, 2.24) is 0 Å². The number of nitro groups is 2. The molecule has 0 spiro atoms. The van der Waals surface area contributed by atoms with Gasteiger partial charge in [0.25, 0.3) is 6.17 Å². The molecule has 0 atom stereocenters. The quantitative estimate of drug-likeness (QED) is 0.292. The Hall–Kier alpha value is -1.33. The molecule has 6 nitrogen and oxygen atoms in total. The van der Waals surface area contributed by atoms with Crippen LogP contribution in [0.1, 0.15) is 6.92 Å². The van der Waals surface area contributed by atoms with Crippen molar-refractivity contribution in [3.05, 3.63) is 26.4 Å². The van der Waals surface area contributed by atoms with Crippen molar-refractivity contribution >= 4 is 0 Å². The lowest BCUT2D eigenvalue weighted by Gasteiger charge is -2.02. The summed E-state index contributed by atoms with van der Waals surface area (Å²) >= 11 is 0. The molecule has 0 heterocycles. The van der Waals surface area contributed by atoms with Crippen molar-refractivity contribution in [2.45, 2.75) is 6.92 Å². The molecule has 0 aliphatic carbocycles. The van der Waals surface area contributed by atoms with Gasteiger partial charge in [-0.25, -0.2) is 0 Å². The van der Waals surface area contributed by atoms with Crippen LogP contribution in [0.15, 0.2) is 0 Å². The third-order valence-electron chi connectivity index (χ3n) is 0.528. The molecule has 0 N–H and O–H groups in total. The summed E-state index contributed by atoms with van der Waals surface area (Å²) in [6.45, 7) is 0.833. The molecular formula is C2H3N2O4-. The van der Waals surface area contributed by atoms with Crippen molar-refractivity contribution in [2.75, 3.05) is 0 Å². The maximum atomic E-state index is 9.47. The molecule has 6 heteroatoms. The van der Waals surface area contributed by atoms with E-state index in [9.17, 15) is 20.2 Å². The van der Waals surface area contributed by atoms with E-state index in [1.807, 2.05) is 0 Å². The monoisotopic (exact) mass is 119 g/mol. The Balaban J connectivity index is 3.83. The van der Waals surface area contributed by atoms with Gasteiger partial charge in [0, 0.05) is 0 Å². The highest BCUT2D eigenvalue weighted by Gasteiger charge is 2.08. The van der Waals surface area contributed by atoms with Crippen LogP contribution < -0.4 is 0 Å². The summed E-state index contributed by atoms with van der Waals surface area (Å²) in [6.07, 6.45) is -0.954. The van der Waals surface area contributed by atoms with Gasteiger partial charge >= 0.3 is 0 Å². The highest BCUT2D eigenvalue weighted by atomic mass is 16.7. The molecule has 0 fully saturated rings. The second kappa shape index (κ2) is 2.10. The average Bonchev–Trinajstić information content (AvgIpc) is 1.64. The van der Waals surface area contributed by atoms with Crippen molar-refractivity contribution in [3.8, 4) is 0 Å². The highest BCUT2D eigenvalue weighted by molar-refractivity contribution is 4.46. The molecule has 0 rings (SSSR count). The van der Waals surface area contributed by atoms with Gasteiger partial charge < -0.3 is 0 Å². The molecule has 0 bridgehead atoms. The minimum atomic E-state index is -1.04. The predicted octanol–water partition coefficient (Wildman–Crippen LogP) is 0.0492. The normalized spacial score (nSPS) is 8.12. The first-order valence-electron chi connectivity index (χ1n) is 1.68. The van der Waals surface area contributed by atoms with Gasteiger partial charge in [-0.1, -0.05) is 0 Å². The van der Waals surface area contributed by atoms with Crippen molar-refractivity contribution in [2.24, 2.45) is 0 Å². The van der Waals surface area contributed by atoms with Crippen molar-refractivity contribution in [1.29, 1.82) is 0 Å². The topological polar surface area (TPSA) is 86.3 Å². The zero-order chi connectivity index (χ0) is 6.73. The van der Waals surface area contributed by atoms with Gasteiger partial charge in [0.2, 0.25) is 0 Å². The largest absolute Gasteiger partial charge is 0.289 e. The Kier molecular flexibility index (Phi) is 1.75. The van der Waals surface area contributed by atoms with E-state index in [0.717, 1.165) is 6.92 Å². The van der Waals surface area contributed by atoms with Crippen LogP contribution in [-0.4, -0.2) is 9.85 Å². The molecular weight excluding hydrogens is 116 g/mol. The molecule has 46 valence electrons. The molecule has 0 amide bonds. The molecule has 0 aromatic heterocycles. The van der Waals surface area contributed by atoms with E-state index < -0.39 is 16.0 Å². The lowest BCUT2D eigenvalue weighted by Crippen LogP contribution is -2.14. The second-order valence-corrected chi connectivity index (χ2v) is 1.06. The van der Waals surface area contributed by atoms with Crippen molar-refractivity contribution in [3.63, 3.8) is 0 Å². The van der Waals surface area contributed by atoms with Crippen LogP contribution in [0.3, 0.4) is 0 Å². The molecule has 0 unspecified atom stereocenters. The maximum Gasteiger partial charge on any atom is 0.261 e. The third kappa shape index (κ3) is 1.41. The SMILES string of the molecule is C[C-]([N+](=O)[O-])[N+](=O)[O-]. The van der Waals surface area contributed by atoms with E-state index in [0.29, 0.717) is 0 Å². The lowest BCUT2D eigenvalue weighted by atomic mass is 10.6. The second-order valence-electron chi connectivity index (χ2n) is 1.06. The Morgan fingerprint density at radius 2 is 1.50 bits per heavy atom. The molecule has 0 radical (unpaired) electrons. The maximum absolute atomic E-state index is 9.47. The van der Waals surface area contributed by atoms with E-state index in [2.05, 4.69) is 0 Å². The predicted molar refractivity (Wildman–Crippen MR) is 22.9 cm³/mol. The van der Waals surface area contributed by atoms with Crippen LogP contribution in [0.25, 0.3) is 0 Å². The zero-order valence-corrected chi connectivity index (χ0v) is 4.03. The highest BCUT2D eigenvalue weighted by Crippen LogP contribution is 1.96. The smallest absolute Gasteiger partial charge is 0.261 e. The fourth-order valence-corrected chi connectivity index (χ4v) is 0.0667. The van der Waals surface area contributed by atoms with E-state index >= 15 is 0 Å². The standard InChI is InChI=1S/C2H3N2O4/c1-2(3(5)6)4(7)8/h1H3/q-1. The Bertz CT molecular complexity index is 107. The summed E-state index contributed by atoms with van der Waals surface area (Å²) < 4.78 is 0. The average molecular weight is 119 g/mol. The Morgan fingerprint density at radius 1 is 1.25 bits per heavy atom. The minimum absolute atomic E-state index is 0.833. The van der Waals surface area contributed by atoms with Gasteiger partial charge in [-0.2, -0.15) is 0 Å². The van der Waals surface area contributed by atoms with E-state index in [1.165, 1.54) is 0 Å². The van der Waals surface area contributed by atoms with Gasteiger partial charge in [0.1, 0.15) is 0 Å². The van der Waals surface area contributed by atoms with Crippen LogP contribution >= 0.6 is 0 Å². The van der Waals surface area contributed by atoms with Crippen molar-refractivity contribution < 1.29 is 9.85 Å². The Labute approximate surface area is 44.4 Å². The molecule has 0 aliphatic rings. The molecule has 0 aromatic carbocycles. The van der Waals surface area contributed by atoms with Gasteiger partial charge in [-0.15, -0.1) is 0 Å². The van der Waals surface area contributed by atoms with E-state index in [-0.39, 0.29) is 0 Å². The first kappa shape index (κ1) is 6.67. The van der Waals surface area contributed by atoms with E-state index in [4.69, 9.17) is 0 Å². The van der Waals surface area contributed by atoms with Crippen LogP contribution in [0, 0.1) is 26.4 Å². The molecule has 0 aromatic rings. The number of hydrogen-bond donors (Lipinski definition) is 0. The fourth-order valence-electron chi connectivity index (χ4n) is 0.0667. The summed E-state index contributed by atoms with van der Waals surface area (Å²) in [4.78, 5) is 16.9. The first-order valence-corrected chi connectivity index (χ1v) is 1.68. The number of hydrogen-bond acceptors (Lipinski definition) is 4. The van der Waals surface area contributed by atoms with Crippen LogP contribution in [0.2, 0.25) is 0 Å². The fraction of sp³-hybridized carbons (Fsp3) is 0.500. The van der Waals surface area contributed by atoms with Crippen LogP contribution in [0.5, 0.6) is 0 Å². The zero-order valence-electron chi connectivity index (χ0n) is 4.03. The lowest BCUT2D eigenvalue weighted by molar-refractivity contribution is -0.667. The van der Waals surface area contributed by atoms with Crippen LogP contribution in [0.4, 0.5) is 0 Å². The Morgan fingerprint density at radius 3 is 1.50 bits per heavy atom. The summed E-state index contributed by atoms with van der Waals surface area (Å²) in [5, 5.41) is 18.9. The van der Waals surface area contributed by atoms with E-state index in [1.54, 1.807) is 0 Å².